The second-order valence-corrected chi connectivity index (χ2v) is 4.62. The smallest absolute Gasteiger partial charge is 0.304 e. The molecule has 1 unspecified atom stereocenters. The fourth-order valence-electron chi connectivity index (χ4n) is 2.24. The SMILES string of the molecule is CCN(CC)CCC(NN)c1ccccc1C(F)(F)F. The molecule has 0 radical (unpaired) electrons. The molecule has 20 heavy (non-hydrogen) atoms. The van der Waals surface area contributed by atoms with Crippen molar-refractivity contribution < 1.29 is 13.2 Å². The fourth-order valence-corrected chi connectivity index (χ4v) is 2.24. The Morgan fingerprint density at radius 3 is 2.30 bits per heavy atom. The summed E-state index contributed by atoms with van der Waals surface area (Å²) in [6.07, 6.45) is -3.83. The number of hydrazine groups is 1. The van der Waals surface area contributed by atoms with E-state index in [1.165, 1.54) is 12.1 Å². The molecular weight excluding hydrogens is 267 g/mol. The van der Waals surface area contributed by atoms with Crippen LogP contribution in [0, 0.1) is 0 Å². The summed E-state index contributed by atoms with van der Waals surface area (Å²) in [7, 11) is 0. The van der Waals surface area contributed by atoms with E-state index in [4.69, 9.17) is 5.84 Å². The molecule has 1 aromatic carbocycles. The highest BCUT2D eigenvalue weighted by Gasteiger charge is 2.34. The second kappa shape index (κ2) is 7.61. The Morgan fingerprint density at radius 1 is 1.20 bits per heavy atom. The van der Waals surface area contributed by atoms with Crippen LogP contribution in [0.5, 0.6) is 0 Å². The van der Waals surface area contributed by atoms with Gasteiger partial charge in [-0.3, -0.25) is 11.3 Å². The van der Waals surface area contributed by atoms with Gasteiger partial charge in [0.05, 0.1) is 5.56 Å². The number of nitrogens with zero attached hydrogens (tertiary/aromatic N) is 1. The fraction of sp³-hybridized carbons (Fsp3) is 0.571. The number of nitrogens with two attached hydrogens (primary N) is 1. The van der Waals surface area contributed by atoms with Gasteiger partial charge in [-0.1, -0.05) is 32.0 Å². The van der Waals surface area contributed by atoms with Crippen LogP contribution >= 0.6 is 0 Å². The van der Waals surface area contributed by atoms with Crippen molar-refractivity contribution in [2.75, 3.05) is 19.6 Å². The summed E-state index contributed by atoms with van der Waals surface area (Å²) in [4.78, 5) is 2.15. The minimum absolute atomic E-state index is 0.203. The first-order valence-electron chi connectivity index (χ1n) is 6.78. The largest absolute Gasteiger partial charge is 0.416 e. The highest BCUT2D eigenvalue weighted by atomic mass is 19.4. The first kappa shape index (κ1) is 16.9. The molecule has 114 valence electrons. The van der Waals surface area contributed by atoms with Gasteiger partial charge in [0.1, 0.15) is 0 Å². The maximum absolute atomic E-state index is 13.0. The van der Waals surface area contributed by atoms with E-state index in [0.717, 1.165) is 19.2 Å². The van der Waals surface area contributed by atoms with Crippen molar-refractivity contribution >= 4 is 0 Å². The number of hydrogen-bond donors (Lipinski definition) is 2. The predicted molar refractivity (Wildman–Crippen MR) is 73.9 cm³/mol. The lowest BCUT2D eigenvalue weighted by Crippen LogP contribution is -2.33. The Bertz CT molecular complexity index is 403. The van der Waals surface area contributed by atoms with Gasteiger partial charge in [0.25, 0.3) is 0 Å². The molecule has 0 fully saturated rings. The van der Waals surface area contributed by atoms with Gasteiger partial charge in [0.15, 0.2) is 0 Å². The van der Waals surface area contributed by atoms with Gasteiger partial charge < -0.3 is 4.90 Å². The topological polar surface area (TPSA) is 41.3 Å². The maximum Gasteiger partial charge on any atom is 0.416 e. The zero-order valence-electron chi connectivity index (χ0n) is 11.9. The average molecular weight is 289 g/mol. The summed E-state index contributed by atoms with van der Waals surface area (Å²) in [6.45, 7) is 6.49. The van der Waals surface area contributed by atoms with E-state index in [-0.39, 0.29) is 5.56 Å². The summed E-state index contributed by atoms with van der Waals surface area (Å²) in [6, 6.07) is 5.07. The molecule has 6 heteroatoms. The lowest BCUT2D eigenvalue weighted by Gasteiger charge is -2.24. The van der Waals surface area contributed by atoms with Crippen molar-refractivity contribution in [2.45, 2.75) is 32.5 Å². The number of alkyl halides is 3. The van der Waals surface area contributed by atoms with Gasteiger partial charge in [-0.2, -0.15) is 13.2 Å². The van der Waals surface area contributed by atoms with E-state index in [1.807, 2.05) is 13.8 Å². The number of benzene rings is 1. The molecule has 1 aromatic rings. The first-order valence-corrected chi connectivity index (χ1v) is 6.78. The quantitative estimate of drug-likeness (QED) is 0.599. The van der Waals surface area contributed by atoms with Crippen molar-refractivity contribution in [3.63, 3.8) is 0 Å². The molecule has 1 atom stereocenters. The van der Waals surface area contributed by atoms with Gasteiger partial charge in [0.2, 0.25) is 0 Å². The summed E-state index contributed by atoms with van der Waals surface area (Å²) in [5.74, 6) is 5.45. The summed E-state index contributed by atoms with van der Waals surface area (Å²) in [5.41, 5.74) is 2.09. The van der Waals surface area contributed by atoms with Crippen LogP contribution in [0.3, 0.4) is 0 Å². The number of nitrogens with one attached hydrogen (secondary N) is 1. The number of hydrogen-bond acceptors (Lipinski definition) is 3. The third-order valence-electron chi connectivity index (χ3n) is 3.47. The Kier molecular flexibility index (Phi) is 6.45. The van der Waals surface area contributed by atoms with E-state index in [1.54, 1.807) is 6.07 Å². The zero-order chi connectivity index (χ0) is 15.2. The lowest BCUT2D eigenvalue weighted by molar-refractivity contribution is -0.138. The van der Waals surface area contributed by atoms with Gasteiger partial charge in [-0.15, -0.1) is 0 Å². The van der Waals surface area contributed by atoms with Crippen LogP contribution < -0.4 is 11.3 Å². The molecule has 0 aromatic heterocycles. The lowest BCUT2D eigenvalue weighted by atomic mass is 9.97. The molecule has 0 aliphatic carbocycles. The molecular formula is C14H22F3N3. The van der Waals surface area contributed by atoms with Crippen LogP contribution in [0.4, 0.5) is 13.2 Å². The van der Waals surface area contributed by atoms with Gasteiger partial charge in [-0.05, 0) is 37.7 Å². The van der Waals surface area contributed by atoms with E-state index in [0.29, 0.717) is 13.0 Å². The molecule has 1 rings (SSSR count). The highest BCUT2D eigenvalue weighted by molar-refractivity contribution is 5.32. The third kappa shape index (κ3) is 4.47. The average Bonchev–Trinajstić information content (AvgIpc) is 2.43. The Morgan fingerprint density at radius 2 is 1.80 bits per heavy atom. The van der Waals surface area contributed by atoms with E-state index in [2.05, 4.69) is 10.3 Å². The monoisotopic (exact) mass is 289 g/mol. The molecule has 3 nitrogen and oxygen atoms in total. The Hall–Kier alpha value is -1.11. The predicted octanol–water partition coefficient (Wildman–Crippen LogP) is 2.94. The molecule has 3 N–H and O–H groups in total. The van der Waals surface area contributed by atoms with Gasteiger partial charge in [0, 0.05) is 6.04 Å². The van der Waals surface area contributed by atoms with Crippen molar-refractivity contribution in [1.82, 2.24) is 10.3 Å². The van der Waals surface area contributed by atoms with Crippen molar-refractivity contribution in [3.05, 3.63) is 35.4 Å². The Balaban J connectivity index is 2.90. The maximum atomic E-state index is 13.0. The van der Waals surface area contributed by atoms with Gasteiger partial charge in [-0.25, -0.2) is 0 Å². The highest BCUT2D eigenvalue weighted by Crippen LogP contribution is 2.35. The number of halogens is 3. The van der Waals surface area contributed by atoms with Gasteiger partial charge >= 0.3 is 6.18 Å². The van der Waals surface area contributed by atoms with Crippen LogP contribution in [-0.4, -0.2) is 24.5 Å². The van der Waals surface area contributed by atoms with Crippen LogP contribution in [0.2, 0.25) is 0 Å². The second-order valence-electron chi connectivity index (χ2n) is 4.62. The Labute approximate surface area is 117 Å². The van der Waals surface area contributed by atoms with Crippen molar-refractivity contribution in [2.24, 2.45) is 5.84 Å². The van der Waals surface area contributed by atoms with E-state index < -0.39 is 17.8 Å². The standard InChI is InChI=1S/C14H22F3N3/c1-3-20(4-2)10-9-13(19-18)11-7-5-6-8-12(11)14(15,16)17/h5-8,13,19H,3-4,9-10,18H2,1-2H3. The van der Waals surface area contributed by atoms with Crippen LogP contribution in [0.15, 0.2) is 24.3 Å². The first-order chi connectivity index (χ1) is 9.43. The molecule has 0 aliphatic heterocycles. The summed E-state index contributed by atoms with van der Waals surface area (Å²) in [5, 5.41) is 0. The number of rotatable bonds is 7. The molecule has 0 spiro atoms. The third-order valence-corrected chi connectivity index (χ3v) is 3.47. The van der Waals surface area contributed by atoms with Crippen LogP contribution in [0.1, 0.15) is 37.4 Å². The van der Waals surface area contributed by atoms with E-state index >= 15 is 0 Å². The summed E-state index contributed by atoms with van der Waals surface area (Å²) < 4.78 is 39.0. The zero-order valence-corrected chi connectivity index (χ0v) is 11.9. The van der Waals surface area contributed by atoms with Crippen molar-refractivity contribution in [3.8, 4) is 0 Å². The molecule has 0 saturated heterocycles. The molecule has 0 heterocycles. The molecule has 0 aliphatic rings. The minimum atomic E-state index is -4.36. The minimum Gasteiger partial charge on any atom is -0.304 e. The van der Waals surface area contributed by atoms with Crippen LogP contribution in [-0.2, 0) is 6.18 Å². The van der Waals surface area contributed by atoms with Crippen LogP contribution in [0.25, 0.3) is 0 Å². The van der Waals surface area contributed by atoms with Crippen molar-refractivity contribution in [1.29, 1.82) is 0 Å². The molecule has 0 saturated carbocycles. The molecule has 0 amide bonds. The summed E-state index contributed by atoms with van der Waals surface area (Å²) >= 11 is 0. The molecule has 0 bridgehead atoms. The normalized spacial score (nSPS) is 13.8. The van der Waals surface area contributed by atoms with E-state index in [9.17, 15) is 13.2 Å².